The van der Waals surface area contributed by atoms with E-state index in [1.54, 1.807) is 0 Å². The van der Waals surface area contributed by atoms with Crippen LogP contribution in [0.1, 0.15) is 32.1 Å². The van der Waals surface area contributed by atoms with Crippen LogP contribution in [-0.2, 0) is 9.59 Å². The maximum Gasteiger partial charge on any atom is 0.430 e. The van der Waals surface area contributed by atoms with E-state index in [-0.39, 0.29) is 18.0 Å². The number of thioether (sulfide) groups is 1. The number of carboxylic acids is 1. The molecule has 0 bridgehead atoms. The standard InChI is InChI=1S/C13H24N4O2S.C2HF3O2/c14-6-3-7-15-11(18)5-2-1-4-10-12-9(8-20-10)16-13(19)17-12;3-2(4,5)1(6)7/h9-10,12H,1-8,14H2,(H,15,18)(H2,16,17,19);(H,6,7)/t9-,10+,12-;/m1./s1. The lowest BCUT2D eigenvalue weighted by Crippen LogP contribution is -2.51. The molecule has 0 aromatic rings. The van der Waals surface area contributed by atoms with E-state index in [2.05, 4.69) is 21.7 Å². The molecular formula is C15H25F3N4O4S. The summed E-state index contributed by atoms with van der Waals surface area (Å²) in [6, 6.07) is 0.539. The van der Waals surface area contributed by atoms with Crippen molar-refractivity contribution in [2.45, 2.75) is 55.6 Å². The van der Waals surface area contributed by atoms with E-state index in [0.29, 0.717) is 17.7 Å². The minimum absolute atomic E-state index is 0.0323. The number of carbonyl (C=O) groups excluding carboxylic acids is 3. The lowest BCUT2D eigenvalue weighted by Gasteiger charge is -2.16. The van der Waals surface area contributed by atoms with Gasteiger partial charge >= 0.3 is 12.2 Å². The highest BCUT2D eigenvalue weighted by molar-refractivity contribution is 8.00. The Morgan fingerprint density at radius 3 is 2.52 bits per heavy atom. The molecule has 3 atom stereocenters. The normalized spacial score (nSPS) is 23.6. The Hall–Kier alpha value is -1.69. The van der Waals surface area contributed by atoms with Gasteiger partial charge in [-0.15, -0.1) is 0 Å². The molecule has 6 N–H and O–H groups in total. The smallest absolute Gasteiger partial charge is 0.430 e. The van der Waals surface area contributed by atoms with Crippen LogP contribution >= 0.6 is 11.8 Å². The van der Waals surface area contributed by atoms with Crippen LogP contribution in [0, 0.1) is 0 Å². The molecule has 156 valence electrons. The maximum absolute atomic E-state index is 11.5. The molecule has 0 spiro atoms. The number of rotatable bonds is 8. The highest BCUT2D eigenvalue weighted by Crippen LogP contribution is 2.33. The van der Waals surface area contributed by atoms with Gasteiger partial charge in [-0.3, -0.25) is 4.79 Å². The van der Waals surface area contributed by atoms with E-state index in [9.17, 15) is 22.8 Å². The van der Waals surface area contributed by atoms with E-state index in [0.717, 1.165) is 44.5 Å². The van der Waals surface area contributed by atoms with E-state index in [4.69, 9.17) is 9.90 Å². The van der Waals surface area contributed by atoms with Gasteiger partial charge < -0.3 is 31.6 Å². The molecule has 0 unspecified atom stereocenters. The van der Waals surface area contributed by atoms with Gasteiger partial charge in [-0.1, -0.05) is 6.42 Å². The number of halogens is 3. The van der Waals surface area contributed by atoms with Gasteiger partial charge in [-0.2, -0.15) is 24.9 Å². The second-order valence-electron chi connectivity index (χ2n) is 6.21. The number of carboxylic acid groups (broad SMARTS) is 1. The van der Waals surface area contributed by atoms with Crippen LogP contribution in [0.3, 0.4) is 0 Å². The summed E-state index contributed by atoms with van der Waals surface area (Å²) in [6.45, 7) is 1.60. The van der Waals surface area contributed by atoms with Crippen molar-refractivity contribution in [3.8, 4) is 0 Å². The summed E-state index contributed by atoms with van der Waals surface area (Å²) in [6.07, 6.45) is -0.612. The van der Waals surface area contributed by atoms with Gasteiger partial charge in [0, 0.05) is 30.4 Å². The number of urea groups is 1. The first-order valence-electron chi connectivity index (χ1n) is 8.68. The number of alkyl halides is 3. The molecule has 0 aromatic heterocycles. The third-order valence-electron chi connectivity index (χ3n) is 4.06. The molecule has 12 heteroatoms. The van der Waals surface area contributed by atoms with Crippen molar-refractivity contribution >= 4 is 29.7 Å². The molecule has 2 aliphatic heterocycles. The van der Waals surface area contributed by atoms with Crippen molar-refractivity contribution in [3.63, 3.8) is 0 Å². The Morgan fingerprint density at radius 1 is 1.26 bits per heavy atom. The van der Waals surface area contributed by atoms with Crippen molar-refractivity contribution in [2.75, 3.05) is 18.8 Å². The fourth-order valence-electron chi connectivity index (χ4n) is 2.72. The van der Waals surface area contributed by atoms with E-state index in [1.807, 2.05) is 11.8 Å². The number of amides is 3. The number of quaternary nitrogens is 1. The Kier molecular flexibility index (Phi) is 9.70. The minimum Gasteiger partial charge on any atom is -0.542 e. The number of unbranched alkanes of at least 4 members (excludes halogenated alkanes) is 1. The second-order valence-corrected chi connectivity index (χ2v) is 7.48. The van der Waals surface area contributed by atoms with Crippen LogP contribution in [0.2, 0.25) is 0 Å². The topological polar surface area (TPSA) is 138 Å². The summed E-state index contributed by atoms with van der Waals surface area (Å²) in [5, 5.41) is 18.1. The number of nitrogens with one attached hydrogen (secondary N) is 3. The lowest BCUT2D eigenvalue weighted by atomic mass is 10.0. The van der Waals surface area contributed by atoms with Crippen LogP contribution < -0.4 is 26.8 Å². The molecule has 8 nitrogen and oxygen atoms in total. The molecule has 0 aliphatic carbocycles. The van der Waals surface area contributed by atoms with Gasteiger partial charge in [0.1, 0.15) is 5.97 Å². The van der Waals surface area contributed by atoms with Crippen molar-refractivity contribution in [3.05, 3.63) is 0 Å². The van der Waals surface area contributed by atoms with Crippen molar-refractivity contribution in [1.29, 1.82) is 0 Å². The van der Waals surface area contributed by atoms with E-state index in [1.165, 1.54) is 0 Å². The highest BCUT2D eigenvalue weighted by Gasteiger charge is 2.42. The lowest BCUT2D eigenvalue weighted by molar-refractivity contribution is -0.367. The molecule has 2 aliphatic rings. The summed E-state index contributed by atoms with van der Waals surface area (Å²) in [7, 11) is 0. The zero-order valence-electron chi connectivity index (χ0n) is 14.8. The SMILES string of the molecule is O=C([O-])C(F)(F)F.[NH3+]CCCNC(=O)CCCC[C@@H]1SC[C@H]2NC(=O)N[C@@H]12. The number of hydrogen-bond donors (Lipinski definition) is 4. The van der Waals surface area contributed by atoms with Crippen LogP contribution in [0.4, 0.5) is 18.0 Å². The predicted molar refractivity (Wildman–Crippen MR) is 90.4 cm³/mol. The fraction of sp³-hybridized carbons (Fsp3) is 0.800. The first-order valence-corrected chi connectivity index (χ1v) is 9.72. The van der Waals surface area contributed by atoms with Crippen LogP contribution in [0.15, 0.2) is 0 Å². The van der Waals surface area contributed by atoms with Gasteiger partial charge in [-0.25, -0.2) is 4.79 Å². The molecule has 0 saturated carbocycles. The number of fused-ring (bicyclic) bond motifs is 1. The van der Waals surface area contributed by atoms with Crippen molar-refractivity contribution in [2.24, 2.45) is 0 Å². The Bertz CT molecular complexity index is 522. The molecule has 2 heterocycles. The zero-order valence-corrected chi connectivity index (χ0v) is 15.6. The first kappa shape index (κ1) is 23.3. The third-order valence-corrected chi connectivity index (χ3v) is 5.57. The summed E-state index contributed by atoms with van der Waals surface area (Å²) in [4.78, 5) is 31.6. The van der Waals surface area contributed by atoms with Gasteiger partial charge in [0.2, 0.25) is 5.91 Å². The van der Waals surface area contributed by atoms with E-state index < -0.39 is 12.1 Å². The predicted octanol–water partition coefficient (Wildman–Crippen LogP) is -1.24. The van der Waals surface area contributed by atoms with Gasteiger partial charge in [0.25, 0.3) is 0 Å². The summed E-state index contributed by atoms with van der Waals surface area (Å²) < 4.78 is 31.5. The Balaban J connectivity index is 0.000000445. The Labute approximate surface area is 159 Å². The number of hydrogen-bond acceptors (Lipinski definition) is 5. The zero-order chi connectivity index (χ0) is 20.4. The summed E-state index contributed by atoms with van der Waals surface area (Å²) in [5.41, 5.74) is 3.75. The molecule has 27 heavy (non-hydrogen) atoms. The van der Waals surface area contributed by atoms with Crippen LogP contribution in [0.25, 0.3) is 0 Å². The molecule has 2 fully saturated rings. The average molecular weight is 414 g/mol. The number of carbonyl (C=O) groups is 3. The molecule has 0 aromatic carbocycles. The molecule has 0 radical (unpaired) electrons. The fourth-order valence-corrected chi connectivity index (χ4v) is 4.26. The van der Waals surface area contributed by atoms with Crippen molar-refractivity contribution < 1.29 is 38.4 Å². The van der Waals surface area contributed by atoms with Crippen LogP contribution in [0.5, 0.6) is 0 Å². The largest absolute Gasteiger partial charge is 0.542 e. The first-order chi connectivity index (χ1) is 12.6. The average Bonchev–Trinajstić information content (AvgIpc) is 3.11. The summed E-state index contributed by atoms with van der Waals surface area (Å²) in [5.74, 6) is -1.86. The Morgan fingerprint density at radius 2 is 1.93 bits per heavy atom. The van der Waals surface area contributed by atoms with Crippen LogP contribution in [-0.4, -0.2) is 60.3 Å². The molecule has 2 rings (SSSR count). The second kappa shape index (κ2) is 11.2. The van der Waals surface area contributed by atoms with Gasteiger partial charge in [-0.05, 0) is 12.8 Å². The number of aliphatic carboxylic acids is 1. The molecule has 2 saturated heterocycles. The van der Waals surface area contributed by atoms with Crippen molar-refractivity contribution in [1.82, 2.24) is 16.0 Å². The third kappa shape index (κ3) is 8.69. The monoisotopic (exact) mass is 414 g/mol. The van der Waals surface area contributed by atoms with Gasteiger partial charge in [0.05, 0.1) is 18.6 Å². The minimum atomic E-state index is -5.19. The van der Waals surface area contributed by atoms with E-state index >= 15 is 0 Å². The highest BCUT2D eigenvalue weighted by atomic mass is 32.2. The quantitative estimate of drug-likeness (QED) is 0.291. The molecule has 3 amide bonds. The maximum atomic E-state index is 11.5. The van der Waals surface area contributed by atoms with Gasteiger partial charge in [0.15, 0.2) is 0 Å². The summed E-state index contributed by atoms with van der Waals surface area (Å²) >= 11 is 1.93. The molecular weight excluding hydrogens is 389 g/mol.